The maximum absolute atomic E-state index is 5.83. The SMILES string of the molecule is CCCCC(CC)c1noc(N)c1C(C)C. The standard InChI is InChI=1S/C13H24N2O/c1-5-7-8-10(6-2)12-11(9(3)4)13(14)16-15-12/h9-10H,5-8,14H2,1-4H3. The van der Waals surface area contributed by atoms with Crippen LogP contribution in [0.15, 0.2) is 4.52 Å². The molecular weight excluding hydrogens is 200 g/mol. The fourth-order valence-corrected chi connectivity index (χ4v) is 2.18. The van der Waals surface area contributed by atoms with Crippen molar-refractivity contribution in [1.82, 2.24) is 5.16 Å². The van der Waals surface area contributed by atoms with Crippen molar-refractivity contribution in [3.05, 3.63) is 11.3 Å². The monoisotopic (exact) mass is 224 g/mol. The average molecular weight is 224 g/mol. The summed E-state index contributed by atoms with van der Waals surface area (Å²) in [6.07, 6.45) is 4.74. The first-order valence-electron chi connectivity index (χ1n) is 6.36. The third kappa shape index (κ3) is 2.77. The van der Waals surface area contributed by atoms with Crippen LogP contribution >= 0.6 is 0 Å². The zero-order valence-electron chi connectivity index (χ0n) is 10.9. The van der Waals surface area contributed by atoms with Crippen molar-refractivity contribution in [1.29, 1.82) is 0 Å². The van der Waals surface area contributed by atoms with Crippen molar-refractivity contribution < 1.29 is 4.52 Å². The molecule has 0 aliphatic rings. The van der Waals surface area contributed by atoms with Gasteiger partial charge in [-0.25, -0.2) is 0 Å². The van der Waals surface area contributed by atoms with Crippen LogP contribution in [0.25, 0.3) is 0 Å². The molecule has 1 aromatic rings. The Hall–Kier alpha value is -0.990. The van der Waals surface area contributed by atoms with Crippen molar-refractivity contribution in [2.75, 3.05) is 5.73 Å². The molecule has 0 saturated heterocycles. The Balaban J connectivity index is 2.91. The van der Waals surface area contributed by atoms with E-state index in [1.807, 2.05) is 0 Å². The van der Waals surface area contributed by atoms with Crippen LogP contribution in [0.1, 0.15) is 76.5 Å². The molecule has 1 rings (SSSR count). The molecule has 0 bridgehead atoms. The summed E-state index contributed by atoms with van der Waals surface area (Å²) in [6, 6.07) is 0. The molecule has 0 amide bonds. The molecule has 0 fully saturated rings. The number of aromatic nitrogens is 1. The Morgan fingerprint density at radius 1 is 1.31 bits per heavy atom. The minimum absolute atomic E-state index is 0.386. The topological polar surface area (TPSA) is 52.0 Å². The summed E-state index contributed by atoms with van der Waals surface area (Å²) in [7, 11) is 0. The van der Waals surface area contributed by atoms with Crippen LogP contribution in [0.3, 0.4) is 0 Å². The molecule has 3 nitrogen and oxygen atoms in total. The molecule has 16 heavy (non-hydrogen) atoms. The van der Waals surface area contributed by atoms with E-state index in [9.17, 15) is 0 Å². The number of nitrogens with two attached hydrogens (primary N) is 1. The molecule has 0 saturated carbocycles. The first-order valence-corrected chi connectivity index (χ1v) is 6.36. The minimum atomic E-state index is 0.386. The Kier molecular flexibility index (Phi) is 4.84. The highest BCUT2D eigenvalue weighted by atomic mass is 16.5. The molecule has 3 heteroatoms. The molecule has 1 unspecified atom stereocenters. The maximum Gasteiger partial charge on any atom is 0.225 e. The van der Waals surface area contributed by atoms with Gasteiger partial charge >= 0.3 is 0 Å². The number of nitrogens with zero attached hydrogens (tertiary/aromatic N) is 1. The normalized spacial score (nSPS) is 13.3. The Bertz CT molecular complexity index is 318. The summed E-state index contributed by atoms with van der Waals surface area (Å²) in [5.41, 5.74) is 8.03. The van der Waals surface area contributed by atoms with E-state index in [-0.39, 0.29) is 0 Å². The maximum atomic E-state index is 5.83. The lowest BCUT2D eigenvalue weighted by Crippen LogP contribution is -2.04. The van der Waals surface area contributed by atoms with Crippen molar-refractivity contribution in [3.63, 3.8) is 0 Å². The first-order chi connectivity index (χ1) is 7.61. The molecule has 2 N–H and O–H groups in total. The summed E-state index contributed by atoms with van der Waals surface area (Å²) >= 11 is 0. The van der Waals surface area contributed by atoms with Gasteiger partial charge in [0.05, 0.1) is 5.69 Å². The van der Waals surface area contributed by atoms with Crippen molar-refractivity contribution >= 4 is 5.88 Å². The third-order valence-corrected chi connectivity index (χ3v) is 3.15. The van der Waals surface area contributed by atoms with Crippen LogP contribution in [0.5, 0.6) is 0 Å². The van der Waals surface area contributed by atoms with Gasteiger partial charge in [0.2, 0.25) is 5.88 Å². The van der Waals surface area contributed by atoms with Gasteiger partial charge < -0.3 is 10.3 Å². The third-order valence-electron chi connectivity index (χ3n) is 3.15. The second-order valence-corrected chi connectivity index (χ2v) is 4.75. The summed E-state index contributed by atoms with van der Waals surface area (Å²) < 4.78 is 5.15. The molecule has 1 atom stereocenters. The van der Waals surface area contributed by atoms with Gasteiger partial charge in [0.15, 0.2) is 0 Å². The summed E-state index contributed by atoms with van der Waals surface area (Å²) in [5, 5.41) is 4.16. The van der Waals surface area contributed by atoms with Crippen LogP contribution < -0.4 is 5.73 Å². The van der Waals surface area contributed by atoms with Gasteiger partial charge in [-0.2, -0.15) is 0 Å². The highest BCUT2D eigenvalue weighted by molar-refractivity contribution is 5.42. The molecule has 0 aliphatic carbocycles. The number of nitrogen functional groups attached to an aromatic ring is 1. The highest BCUT2D eigenvalue weighted by Gasteiger charge is 2.22. The average Bonchev–Trinajstić information content (AvgIpc) is 2.62. The zero-order chi connectivity index (χ0) is 12.1. The molecule has 0 aliphatic heterocycles. The Labute approximate surface area is 98.4 Å². The largest absolute Gasteiger partial charge is 0.367 e. The van der Waals surface area contributed by atoms with E-state index in [1.54, 1.807) is 0 Å². The van der Waals surface area contributed by atoms with Crippen molar-refractivity contribution in [2.45, 2.75) is 65.2 Å². The molecule has 92 valence electrons. The van der Waals surface area contributed by atoms with Crippen molar-refractivity contribution in [2.24, 2.45) is 0 Å². The summed E-state index contributed by atoms with van der Waals surface area (Å²) in [4.78, 5) is 0. The second kappa shape index (κ2) is 5.92. The van der Waals surface area contributed by atoms with E-state index in [2.05, 4.69) is 32.9 Å². The van der Waals surface area contributed by atoms with Crippen LogP contribution in [0.4, 0.5) is 5.88 Å². The van der Waals surface area contributed by atoms with Gasteiger partial charge in [-0.1, -0.05) is 45.7 Å². The van der Waals surface area contributed by atoms with Gasteiger partial charge in [0, 0.05) is 11.5 Å². The van der Waals surface area contributed by atoms with E-state index in [4.69, 9.17) is 10.3 Å². The fourth-order valence-electron chi connectivity index (χ4n) is 2.18. The molecule has 1 heterocycles. The number of hydrogen-bond acceptors (Lipinski definition) is 3. The lowest BCUT2D eigenvalue weighted by Gasteiger charge is -2.14. The minimum Gasteiger partial charge on any atom is -0.367 e. The predicted octanol–water partition coefficient (Wildman–Crippen LogP) is 4.06. The van der Waals surface area contributed by atoms with Gasteiger partial charge in [0.1, 0.15) is 0 Å². The summed E-state index contributed by atoms with van der Waals surface area (Å²) in [6.45, 7) is 8.69. The van der Waals surface area contributed by atoms with Gasteiger partial charge in [-0.3, -0.25) is 0 Å². The predicted molar refractivity (Wildman–Crippen MR) is 67.6 cm³/mol. The van der Waals surface area contributed by atoms with E-state index >= 15 is 0 Å². The quantitative estimate of drug-likeness (QED) is 0.792. The first kappa shape index (κ1) is 13.1. The van der Waals surface area contributed by atoms with Crippen LogP contribution in [0, 0.1) is 0 Å². The number of anilines is 1. The Morgan fingerprint density at radius 2 is 2.00 bits per heavy atom. The van der Waals surface area contributed by atoms with Crippen molar-refractivity contribution in [3.8, 4) is 0 Å². The van der Waals surface area contributed by atoms with E-state index in [0.717, 1.165) is 17.7 Å². The lowest BCUT2D eigenvalue weighted by atomic mass is 9.90. The highest BCUT2D eigenvalue weighted by Crippen LogP contribution is 2.34. The van der Waals surface area contributed by atoms with Gasteiger partial charge in [-0.05, 0) is 18.8 Å². The van der Waals surface area contributed by atoms with Gasteiger partial charge in [0.25, 0.3) is 0 Å². The number of hydrogen-bond donors (Lipinski definition) is 1. The van der Waals surface area contributed by atoms with Crippen LogP contribution in [0.2, 0.25) is 0 Å². The number of rotatable bonds is 6. The van der Waals surface area contributed by atoms with E-state index in [1.165, 1.54) is 19.3 Å². The number of unbranched alkanes of at least 4 members (excludes halogenated alkanes) is 1. The molecule has 1 aromatic heterocycles. The Morgan fingerprint density at radius 3 is 2.50 bits per heavy atom. The fraction of sp³-hybridized carbons (Fsp3) is 0.769. The van der Waals surface area contributed by atoms with Crippen LogP contribution in [-0.2, 0) is 0 Å². The smallest absolute Gasteiger partial charge is 0.225 e. The van der Waals surface area contributed by atoms with Crippen LogP contribution in [-0.4, -0.2) is 5.16 Å². The summed E-state index contributed by atoms with van der Waals surface area (Å²) in [5.74, 6) is 1.38. The van der Waals surface area contributed by atoms with E-state index in [0.29, 0.717) is 17.7 Å². The lowest BCUT2D eigenvalue weighted by molar-refractivity contribution is 0.412. The molecule has 0 radical (unpaired) electrons. The molecule has 0 spiro atoms. The van der Waals surface area contributed by atoms with Gasteiger partial charge in [-0.15, -0.1) is 0 Å². The molecule has 0 aromatic carbocycles. The van der Waals surface area contributed by atoms with E-state index < -0.39 is 0 Å². The second-order valence-electron chi connectivity index (χ2n) is 4.75. The molecular formula is C13H24N2O. The zero-order valence-corrected chi connectivity index (χ0v) is 10.9.